The number of likely N-dealkylation sites (tertiary alicyclic amines) is 1. The fraction of sp³-hybridized carbons (Fsp3) is 0.538. The maximum Gasteiger partial charge on any atom is 0.414 e. The van der Waals surface area contributed by atoms with Gasteiger partial charge in [0.05, 0.1) is 0 Å². The van der Waals surface area contributed by atoms with Gasteiger partial charge in [-0.05, 0) is 63.5 Å². The quantitative estimate of drug-likeness (QED) is 0.577. The third kappa shape index (κ3) is 6.37. The van der Waals surface area contributed by atoms with Crippen molar-refractivity contribution in [3.05, 3.63) is 41.2 Å². The van der Waals surface area contributed by atoms with Crippen LogP contribution in [0.2, 0.25) is 0 Å². The van der Waals surface area contributed by atoms with E-state index in [4.69, 9.17) is 29.3 Å². The Kier molecular flexibility index (Phi) is 8.50. The van der Waals surface area contributed by atoms with Crippen LogP contribution in [0.25, 0.3) is 5.69 Å². The molecule has 2 saturated heterocycles. The van der Waals surface area contributed by atoms with Gasteiger partial charge in [-0.1, -0.05) is 0 Å². The molecular formula is C26H36N4O6. The minimum absolute atomic E-state index is 0.317. The number of carboxylic acid groups (broad SMARTS) is 2. The van der Waals surface area contributed by atoms with Gasteiger partial charge in [0.2, 0.25) is 6.79 Å². The number of carboxylic acids is 2. The molecule has 3 aliphatic rings. The van der Waals surface area contributed by atoms with Crippen LogP contribution < -0.4 is 9.47 Å². The molecule has 0 amide bonds. The van der Waals surface area contributed by atoms with Crippen molar-refractivity contribution in [2.75, 3.05) is 59.2 Å². The van der Waals surface area contributed by atoms with Gasteiger partial charge in [0.1, 0.15) is 0 Å². The summed E-state index contributed by atoms with van der Waals surface area (Å²) in [5, 5.41) is 14.8. The maximum absolute atomic E-state index is 9.10. The number of aryl methyl sites for hydroxylation is 1. The van der Waals surface area contributed by atoms with Crippen LogP contribution in [0.1, 0.15) is 29.8 Å². The number of aromatic nitrogens is 1. The van der Waals surface area contributed by atoms with Gasteiger partial charge in [0, 0.05) is 69.0 Å². The molecule has 0 spiro atoms. The van der Waals surface area contributed by atoms with Crippen LogP contribution in [0, 0.1) is 13.8 Å². The number of rotatable bonds is 6. The molecule has 0 bridgehead atoms. The zero-order chi connectivity index (χ0) is 25.7. The highest BCUT2D eigenvalue weighted by Gasteiger charge is 2.21. The summed E-state index contributed by atoms with van der Waals surface area (Å²) in [6.07, 6.45) is 2.77. The van der Waals surface area contributed by atoms with Gasteiger partial charge < -0.3 is 29.2 Å². The lowest BCUT2D eigenvalue weighted by Gasteiger charge is -2.35. The van der Waals surface area contributed by atoms with Crippen molar-refractivity contribution < 1.29 is 29.3 Å². The lowest BCUT2D eigenvalue weighted by molar-refractivity contribution is -0.159. The van der Waals surface area contributed by atoms with Gasteiger partial charge in [0.25, 0.3) is 0 Å². The van der Waals surface area contributed by atoms with Crippen LogP contribution in [-0.2, 0) is 16.1 Å². The lowest BCUT2D eigenvalue weighted by Crippen LogP contribution is -2.47. The molecule has 5 rings (SSSR count). The molecule has 0 atom stereocenters. The highest BCUT2D eigenvalue weighted by molar-refractivity contribution is 6.27. The molecule has 36 heavy (non-hydrogen) atoms. The van der Waals surface area contributed by atoms with E-state index in [-0.39, 0.29) is 0 Å². The predicted molar refractivity (Wildman–Crippen MR) is 134 cm³/mol. The third-order valence-corrected chi connectivity index (χ3v) is 7.12. The van der Waals surface area contributed by atoms with E-state index in [1.165, 1.54) is 69.1 Å². The Balaban J connectivity index is 0.000000455. The van der Waals surface area contributed by atoms with Gasteiger partial charge in [-0.3, -0.25) is 9.80 Å². The van der Waals surface area contributed by atoms with E-state index >= 15 is 0 Å². The molecule has 196 valence electrons. The first-order chi connectivity index (χ1) is 17.3. The summed E-state index contributed by atoms with van der Waals surface area (Å²) >= 11 is 0. The lowest BCUT2D eigenvalue weighted by atomic mass is 10.2. The SMILES string of the molecule is Cc1cc(CN2CCN(CCN3CCCC3)CC2)c(C)n1-c1ccc2c(c1)OCO2.O=C(O)C(=O)O. The Morgan fingerprint density at radius 1 is 0.806 bits per heavy atom. The number of benzene rings is 1. The maximum atomic E-state index is 9.10. The second kappa shape index (κ2) is 11.8. The summed E-state index contributed by atoms with van der Waals surface area (Å²) in [6, 6.07) is 8.57. The van der Waals surface area contributed by atoms with E-state index in [0.717, 1.165) is 36.8 Å². The van der Waals surface area contributed by atoms with Crippen molar-refractivity contribution >= 4 is 11.9 Å². The van der Waals surface area contributed by atoms with Crippen molar-refractivity contribution in [3.63, 3.8) is 0 Å². The number of fused-ring (bicyclic) bond motifs is 1. The molecule has 0 unspecified atom stereocenters. The summed E-state index contributed by atoms with van der Waals surface area (Å²) in [5.41, 5.74) is 5.16. The van der Waals surface area contributed by atoms with E-state index < -0.39 is 11.9 Å². The van der Waals surface area contributed by atoms with Crippen molar-refractivity contribution in [2.24, 2.45) is 0 Å². The first-order valence-corrected chi connectivity index (χ1v) is 12.5. The highest BCUT2D eigenvalue weighted by atomic mass is 16.7. The van der Waals surface area contributed by atoms with Crippen LogP contribution >= 0.6 is 0 Å². The van der Waals surface area contributed by atoms with Gasteiger partial charge >= 0.3 is 11.9 Å². The monoisotopic (exact) mass is 500 g/mol. The Morgan fingerprint density at radius 2 is 1.39 bits per heavy atom. The van der Waals surface area contributed by atoms with E-state index in [1.807, 2.05) is 6.07 Å². The molecule has 1 aromatic carbocycles. The van der Waals surface area contributed by atoms with Gasteiger partial charge in [-0.25, -0.2) is 9.59 Å². The predicted octanol–water partition coefficient (Wildman–Crippen LogP) is 2.19. The number of piperazine rings is 1. The number of hydrogen-bond donors (Lipinski definition) is 2. The van der Waals surface area contributed by atoms with Crippen molar-refractivity contribution in [3.8, 4) is 17.2 Å². The summed E-state index contributed by atoms with van der Waals surface area (Å²) < 4.78 is 13.4. The second-order valence-electron chi connectivity index (χ2n) is 9.55. The number of carbonyl (C=O) groups is 2. The average molecular weight is 501 g/mol. The Bertz CT molecular complexity index is 1060. The third-order valence-electron chi connectivity index (χ3n) is 7.12. The topological polar surface area (TPSA) is 108 Å². The zero-order valence-corrected chi connectivity index (χ0v) is 21.1. The molecule has 2 aromatic rings. The number of aliphatic carboxylic acids is 2. The minimum atomic E-state index is -1.82. The molecule has 2 N–H and O–H groups in total. The smallest absolute Gasteiger partial charge is 0.414 e. The van der Waals surface area contributed by atoms with Gasteiger partial charge in [-0.2, -0.15) is 0 Å². The van der Waals surface area contributed by atoms with E-state index in [2.05, 4.69) is 51.3 Å². The average Bonchev–Trinajstić information content (AvgIpc) is 3.60. The molecule has 0 aliphatic carbocycles. The van der Waals surface area contributed by atoms with Crippen LogP contribution in [-0.4, -0.2) is 101 Å². The number of ether oxygens (including phenoxy) is 2. The van der Waals surface area contributed by atoms with Crippen molar-refractivity contribution in [1.82, 2.24) is 19.3 Å². The van der Waals surface area contributed by atoms with Crippen LogP contribution in [0.15, 0.2) is 24.3 Å². The molecular weight excluding hydrogens is 464 g/mol. The van der Waals surface area contributed by atoms with Gasteiger partial charge in [-0.15, -0.1) is 0 Å². The summed E-state index contributed by atoms with van der Waals surface area (Å²) in [7, 11) is 0. The Labute approximate surface area is 211 Å². The molecule has 0 radical (unpaired) electrons. The number of hydrogen-bond acceptors (Lipinski definition) is 7. The molecule has 4 heterocycles. The minimum Gasteiger partial charge on any atom is -0.473 e. The highest BCUT2D eigenvalue weighted by Crippen LogP contribution is 2.35. The first kappa shape index (κ1) is 26.0. The van der Waals surface area contributed by atoms with E-state index in [9.17, 15) is 0 Å². The Hall–Kier alpha value is -3.08. The zero-order valence-electron chi connectivity index (χ0n) is 21.1. The molecule has 10 nitrogen and oxygen atoms in total. The molecule has 2 fully saturated rings. The van der Waals surface area contributed by atoms with Crippen molar-refractivity contribution in [1.29, 1.82) is 0 Å². The van der Waals surface area contributed by atoms with E-state index in [1.54, 1.807) is 0 Å². The second-order valence-corrected chi connectivity index (χ2v) is 9.55. The summed E-state index contributed by atoms with van der Waals surface area (Å²) in [4.78, 5) is 26.1. The van der Waals surface area contributed by atoms with Crippen molar-refractivity contribution in [2.45, 2.75) is 33.2 Å². The normalized spacial score (nSPS) is 18.2. The Morgan fingerprint density at radius 3 is 2.03 bits per heavy atom. The van der Waals surface area contributed by atoms with E-state index in [0.29, 0.717) is 6.79 Å². The van der Waals surface area contributed by atoms with Crippen LogP contribution in [0.5, 0.6) is 11.5 Å². The fourth-order valence-electron chi connectivity index (χ4n) is 5.11. The standard InChI is InChI=1S/C24H34N4O2.C2H2O4/c1-19-15-21(20(2)28(19)22-5-6-23-24(16-22)30-18-29-23)17-27-13-11-26(12-14-27)10-9-25-7-3-4-8-25;3-1(4)2(5)6/h5-6,15-16H,3-4,7-14,17-18H2,1-2H3;(H,3,4)(H,5,6). The number of nitrogens with zero attached hydrogens (tertiary/aromatic N) is 4. The molecule has 3 aliphatic heterocycles. The largest absolute Gasteiger partial charge is 0.473 e. The van der Waals surface area contributed by atoms with Gasteiger partial charge in [0.15, 0.2) is 11.5 Å². The van der Waals surface area contributed by atoms with Crippen LogP contribution in [0.4, 0.5) is 0 Å². The summed E-state index contributed by atoms with van der Waals surface area (Å²) in [5.74, 6) is -1.97. The van der Waals surface area contributed by atoms with Crippen LogP contribution in [0.3, 0.4) is 0 Å². The molecule has 10 heteroatoms. The molecule has 0 saturated carbocycles. The molecule has 1 aromatic heterocycles. The summed E-state index contributed by atoms with van der Waals surface area (Å²) in [6.45, 7) is 15.6. The first-order valence-electron chi connectivity index (χ1n) is 12.5. The fourth-order valence-corrected chi connectivity index (χ4v) is 5.11.